The predicted molar refractivity (Wildman–Crippen MR) is 53.4 cm³/mol. The molecule has 0 aliphatic carbocycles. The van der Waals surface area contributed by atoms with Gasteiger partial charge in [0.25, 0.3) is 0 Å². The molecule has 2 nitrogen and oxygen atoms in total. The maximum atomic E-state index is 7.10. The zero-order valence-corrected chi connectivity index (χ0v) is 8.48. The van der Waals surface area contributed by atoms with E-state index in [1.807, 2.05) is 6.92 Å². The van der Waals surface area contributed by atoms with Crippen molar-refractivity contribution in [3.63, 3.8) is 0 Å². The van der Waals surface area contributed by atoms with E-state index >= 15 is 0 Å². The Kier molecular flexibility index (Phi) is 2.98. The third kappa shape index (κ3) is 1.91. The van der Waals surface area contributed by atoms with Gasteiger partial charge in [0.15, 0.2) is 0 Å². The number of rotatable bonds is 3. The van der Waals surface area contributed by atoms with Crippen LogP contribution in [0.1, 0.15) is 43.3 Å². The van der Waals surface area contributed by atoms with Crippen molar-refractivity contribution in [1.29, 1.82) is 5.41 Å². The van der Waals surface area contributed by atoms with Gasteiger partial charge in [-0.25, -0.2) is 4.98 Å². The Hall–Kier alpha value is -0.700. The van der Waals surface area contributed by atoms with Crippen molar-refractivity contribution >= 4 is 17.6 Å². The summed E-state index contributed by atoms with van der Waals surface area (Å²) in [5.41, 5.74) is 1.14. The number of hydrogen-bond donors (Lipinski definition) is 1. The lowest BCUT2D eigenvalue weighted by Gasteiger charge is -1.99. The smallest absolute Gasteiger partial charge is 0.101 e. The molecule has 1 rings (SSSR count). The van der Waals surface area contributed by atoms with Crippen LogP contribution in [-0.4, -0.2) is 11.2 Å². The molecule has 3 heteroatoms. The number of nitrogens with zero attached hydrogens (tertiary/aromatic N) is 1. The average molecular weight is 182 g/mol. The molecule has 1 N–H and O–H groups in total. The van der Waals surface area contributed by atoms with Crippen molar-refractivity contribution in [2.24, 2.45) is 0 Å². The highest BCUT2D eigenvalue weighted by Crippen LogP contribution is 2.22. The second-order valence-electron chi connectivity index (χ2n) is 3.22. The van der Waals surface area contributed by atoms with Crippen LogP contribution in [0.5, 0.6) is 0 Å². The first-order valence-electron chi connectivity index (χ1n) is 4.11. The average Bonchev–Trinajstić information content (AvgIpc) is 2.51. The fraction of sp³-hybridized carbons (Fsp3) is 0.556. The number of nitrogens with one attached hydrogen (secondary N) is 1. The lowest BCUT2D eigenvalue weighted by atomic mass is 10.1. The van der Waals surface area contributed by atoms with E-state index in [1.165, 1.54) is 6.21 Å². The summed E-state index contributed by atoms with van der Waals surface area (Å²) in [6.45, 7) is 6.26. The molecule has 0 fully saturated rings. The first kappa shape index (κ1) is 9.39. The molecule has 66 valence electrons. The van der Waals surface area contributed by atoms with E-state index < -0.39 is 0 Å². The van der Waals surface area contributed by atoms with E-state index in [4.69, 9.17) is 5.41 Å². The summed E-state index contributed by atoms with van der Waals surface area (Å²) in [5.74, 6) is 0.662. The highest BCUT2D eigenvalue weighted by Gasteiger charge is 2.09. The SMILES string of the molecule is CC(C)c1csc(C(C)C=N)n1. The zero-order valence-electron chi connectivity index (χ0n) is 7.66. The molecule has 1 aromatic heterocycles. The van der Waals surface area contributed by atoms with Crippen molar-refractivity contribution in [2.75, 3.05) is 0 Å². The Bertz CT molecular complexity index is 265. The largest absolute Gasteiger partial charge is 0.312 e. The van der Waals surface area contributed by atoms with Crippen molar-refractivity contribution in [2.45, 2.75) is 32.6 Å². The highest BCUT2D eigenvalue weighted by atomic mass is 32.1. The summed E-state index contributed by atoms with van der Waals surface area (Å²) in [6, 6.07) is 0. The number of thiazole rings is 1. The molecule has 0 saturated heterocycles. The molecule has 1 aromatic rings. The van der Waals surface area contributed by atoms with Crippen LogP contribution >= 0.6 is 11.3 Å². The fourth-order valence-corrected chi connectivity index (χ4v) is 1.85. The molecule has 0 aliphatic heterocycles. The molecule has 0 bridgehead atoms. The van der Waals surface area contributed by atoms with Gasteiger partial charge in [-0.05, 0) is 5.92 Å². The van der Waals surface area contributed by atoms with E-state index in [0.29, 0.717) is 5.92 Å². The van der Waals surface area contributed by atoms with E-state index in [1.54, 1.807) is 11.3 Å². The summed E-state index contributed by atoms with van der Waals surface area (Å²) >= 11 is 1.65. The second-order valence-corrected chi connectivity index (χ2v) is 4.11. The van der Waals surface area contributed by atoms with E-state index in [9.17, 15) is 0 Å². The second kappa shape index (κ2) is 3.81. The summed E-state index contributed by atoms with van der Waals surface area (Å²) < 4.78 is 0. The van der Waals surface area contributed by atoms with Crippen LogP contribution in [0.3, 0.4) is 0 Å². The summed E-state index contributed by atoms with van der Waals surface area (Å²) in [7, 11) is 0. The summed E-state index contributed by atoms with van der Waals surface area (Å²) in [5, 5.41) is 10.2. The summed E-state index contributed by atoms with van der Waals surface area (Å²) in [4.78, 5) is 4.45. The Morgan fingerprint density at radius 1 is 1.50 bits per heavy atom. The first-order chi connectivity index (χ1) is 5.65. The predicted octanol–water partition coefficient (Wildman–Crippen LogP) is 3.02. The van der Waals surface area contributed by atoms with Crippen molar-refractivity contribution in [1.82, 2.24) is 4.98 Å². The molecular formula is C9H14N2S. The minimum atomic E-state index is 0.169. The molecule has 12 heavy (non-hydrogen) atoms. The molecular weight excluding hydrogens is 168 g/mol. The Morgan fingerprint density at radius 2 is 2.17 bits per heavy atom. The Balaban J connectivity index is 2.83. The van der Waals surface area contributed by atoms with Crippen LogP contribution in [0.2, 0.25) is 0 Å². The lowest BCUT2D eigenvalue weighted by Crippen LogP contribution is -1.94. The summed E-state index contributed by atoms with van der Waals surface area (Å²) in [6.07, 6.45) is 1.43. The maximum absolute atomic E-state index is 7.10. The van der Waals surface area contributed by atoms with Crippen molar-refractivity contribution < 1.29 is 0 Å². The van der Waals surface area contributed by atoms with Crippen LogP contribution in [0.25, 0.3) is 0 Å². The van der Waals surface area contributed by atoms with Gasteiger partial charge >= 0.3 is 0 Å². The molecule has 0 saturated carbocycles. The van der Waals surface area contributed by atoms with Crippen LogP contribution in [0, 0.1) is 5.41 Å². The molecule has 0 radical (unpaired) electrons. The van der Waals surface area contributed by atoms with E-state index in [2.05, 4.69) is 24.2 Å². The van der Waals surface area contributed by atoms with Gasteiger partial charge in [-0.3, -0.25) is 0 Å². The van der Waals surface area contributed by atoms with Crippen LogP contribution < -0.4 is 0 Å². The standard InChI is InChI=1S/C9H14N2S/c1-6(2)8-5-12-9(11-8)7(3)4-10/h4-7,10H,1-3H3. The van der Waals surface area contributed by atoms with Gasteiger partial charge in [-0.15, -0.1) is 11.3 Å². The van der Waals surface area contributed by atoms with Crippen LogP contribution in [0.4, 0.5) is 0 Å². The van der Waals surface area contributed by atoms with Gasteiger partial charge < -0.3 is 5.41 Å². The van der Waals surface area contributed by atoms with Gasteiger partial charge in [0.2, 0.25) is 0 Å². The third-order valence-electron chi connectivity index (χ3n) is 1.77. The van der Waals surface area contributed by atoms with Gasteiger partial charge in [-0.1, -0.05) is 20.8 Å². The van der Waals surface area contributed by atoms with Gasteiger partial charge in [0.1, 0.15) is 5.01 Å². The minimum absolute atomic E-state index is 0.169. The maximum Gasteiger partial charge on any atom is 0.101 e. The fourth-order valence-electron chi connectivity index (χ4n) is 0.846. The van der Waals surface area contributed by atoms with Gasteiger partial charge in [0.05, 0.1) is 5.69 Å². The van der Waals surface area contributed by atoms with Crippen LogP contribution in [-0.2, 0) is 0 Å². The minimum Gasteiger partial charge on any atom is -0.312 e. The molecule has 1 unspecified atom stereocenters. The normalized spacial score (nSPS) is 13.3. The lowest BCUT2D eigenvalue weighted by molar-refractivity contribution is 0.819. The van der Waals surface area contributed by atoms with E-state index in [0.717, 1.165) is 10.7 Å². The van der Waals surface area contributed by atoms with E-state index in [-0.39, 0.29) is 5.92 Å². The topological polar surface area (TPSA) is 36.7 Å². The molecule has 1 atom stereocenters. The molecule has 0 amide bonds. The Labute approximate surface area is 77.2 Å². The van der Waals surface area contributed by atoms with Crippen molar-refractivity contribution in [3.8, 4) is 0 Å². The zero-order chi connectivity index (χ0) is 9.14. The molecule has 1 heterocycles. The third-order valence-corrected chi connectivity index (χ3v) is 2.83. The first-order valence-corrected chi connectivity index (χ1v) is 4.99. The number of aromatic nitrogens is 1. The molecule has 0 aliphatic rings. The monoisotopic (exact) mass is 182 g/mol. The van der Waals surface area contributed by atoms with Crippen LogP contribution in [0.15, 0.2) is 5.38 Å². The highest BCUT2D eigenvalue weighted by molar-refractivity contribution is 7.09. The molecule has 0 aromatic carbocycles. The Morgan fingerprint density at radius 3 is 2.58 bits per heavy atom. The quantitative estimate of drug-likeness (QED) is 0.717. The molecule has 0 spiro atoms. The van der Waals surface area contributed by atoms with Gasteiger partial charge in [0, 0.05) is 17.5 Å². The number of hydrogen-bond acceptors (Lipinski definition) is 3. The van der Waals surface area contributed by atoms with Crippen molar-refractivity contribution in [3.05, 3.63) is 16.1 Å². The van der Waals surface area contributed by atoms with Gasteiger partial charge in [-0.2, -0.15) is 0 Å².